The predicted molar refractivity (Wildman–Crippen MR) is 93.2 cm³/mol. The Kier molecular flexibility index (Phi) is 3.82. The standard InChI is InChI=1S/C20H19NO3/c22-18-9-8-15-19(23)17(14-6-2-1-3-7-14)13-24-20(15)16(18)12-21-10-4-5-11-21/h1-3,6-9,13,22H,4-5,10-12H2/p+1. The lowest BCUT2D eigenvalue weighted by molar-refractivity contribution is -0.901. The van der Waals surface area contributed by atoms with E-state index in [0.29, 0.717) is 23.1 Å². The Balaban J connectivity index is 1.85. The molecule has 2 aromatic carbocycles. The van der Waals surface area contributed by atoms with Gasteiger partial charge in [0.05, 0.1) is 29.6 Å². The Hall–Kier alpha value is -2.59. The zero-order valence-electron chi connectivity index (χ0n) is 13.4. The second-order valence-electron chi connectivity index (χ2n) is 6.42. The zero-order valence-corrected chi connectivity index (χ0v) is 13.4. The molecule has 0 aliphatic carbocycles. The number of hydrogen-bond acceptors (Lipinski definition) is 3. The molecular formula is C20H20NO3+. The maximum atomic E-state index is 12.9. The van der Waals surface area contributed by atoms with Gasteiger partial charge in [0.15, 0.2) is 0 Å². The molecule has 4 rings (SSSR count). The van der Waals surface area contributed by atoms with Gasteiger partial charge in [-0.3, -0.25) is 4.79 Å². The first-order chi connectivity index (χ1) is 11.7. The molecule has 1 fully saturated rings. The Morgan fingerprint density at radius 3 is 2.54 bits per heavy atom. The van der Waals surface area contributed by atoms with Crippen molar-refractivity contribution in [3.63, 3.8) is 0 Å². The monoisotopic (exact) mass is 322 g/mol. The van der Waals surface area contributed by atoms with E-state index >= 15 is 0 Å². The molecule has 1 aromatic heterocycles. The SMILES string of the molecule is O=c1c(-c2ccccc2)coc2c(C[NH+]3CCCC3)c(O)ccc12. The van der Waals surface area contributed by atoms with E-state index in [1.165, 1.54) is 24.0 Å². The van der Waals surface area contributed by atoms with Gasteiger partial charge in [0.25, 0.3) is 0 Å². The number of benzene rings is 2. The third-order valence-corrected chi connectivity index (χ3v) is 4.84. The van der Waals surface area contributed by atoms with Crippen LogP contribution in [0.1, 0.15) is 18.4 Å². The topological polar surface area (TPSA) is 54.9 Å². The lowest BCUT2D eigenvalue weighted by Crippen LogP contribution is -3.08. The molecule has 0 bridgehead atoms. The van der Waals surface area contributed by atoms with Crippen LogP contribution in [-0.4, -0.2) is 18.2 Å². The average Bonchev–Trinajstić information content (AvgIpc) is 3.12. The zero-order chi connectivity index (χ0) is 16.5. The van der Waals surface area contributed by atoms with Crippen LogP contribution in [-0.2, 0) is 6.54 Å². The van der Waals surface area contributed by atoms with E-state index < -0.39 is 0 Å². The van der Waals surface area contributed by atoms with E-state index in [4.69, 9.17) is 4.42 Å². The number of aromatic hydroxyl groups is 1. The third-order valence-electron chi connectivity index (χ3n) is 4.84. The fourth-order valence-electron chi connectivity index (χ4n) is 3.54. The van der Waals surface area contributed by atoms with Gasteiger partial charge in [0, 0.05) is 12.8 Å². The molecule has 2 N–H and O–H groups in total. The predicted octanol–water partition coefficient (Wildman–Crippen LogP) is 2.34. The molecule has 0 spiro atoms. The molecular weight excluding hydrogens is 302 g/mol. The van der Waals surface area contributed by atoms with Crippen molar-refractivity contribution in [3.8, 4) is 16.9 Å². The molecule has 3 aromatic rings. The van der Waals surface area contributed by atoms with Gasteiger partial charge < -0.3 is 14.4 Å². The van der Waals surface area contributed by atoms with Crippen LogP contribution in [0, 0.1) is 0 Å². The fourth-order valence-corrected chi connectivity index (χ4v) is 3.54. The van der Waals surface area contributed by atoms with Gasteiger partial charge in [-0.1, -0.05) is 30.3 Å². The van der Waals surface area contributed by atoms with Gasteiger partial charge in [-0.2, -0.15) is 0 Å². The van der Waals surface area contributed by atoms with Gasteiger partial charge in [-0.05, 0) is 17.7 Å². The molecule has 2 heterocycles. The molecule has 0 amide bonds. The van der Waals surface area contributed by atoms with Crippen LogP contribution in [0.15, 0.2) is 57.9 Å². The summed E-state index contributed by atoms with van der Waals surface area (Å²) in [5.74, 6) is 0.206. The summed E-state index contributed by atoms with van der Waals surface area (Å²) in [7, 11) is 0. The Labute approximate surface area is 140 Å². The molecule has 24 heavy (non-hydrogen) atoms. The quantitative estimate of drug-likeness (QED) is 0.778. The highest BCUT2D eigenvalue weighted by Crippen LogP contribution is 2.27. The molecule has 0 atom stereocenters. The summed E-state index contributed by atoms with van der Waals surface area (Å²) in [6.45, 7) is 2.89. The summed E-state index contributed by atoms with van der Waals surface area (Å²) < 4.78 is 5.83. The highest BCUT2D eigenvalue weighted by atomic mass is 16.3. The van der Waals surface area contributed by atoms with Crippen LogP contribution in [0.2, 0.25) is 0 Å². The van der Waals surface area contributed by atoms with E-state index in [9.17, 15) is 9.90 Å². The van der Waals surface area contributed by atoms with Gasteiger partial charge in [-0.15, -0.1) is 0 Å². The molecule has 0 unspecified atom stereocenters. The van der Waals surface area contributed by atoms with Crippen molar-refractivity contribution < 1.29 is 14.4 Å². The third kappa shape index (κ3) is 2.59. The number of nitrogens with one attached hydrogen (secondary N) is 1. The molecule has 0 saturated carbocycles. The van der Waals surface area contributed by atoms with Crippen LogP contribution in [0.25, 0.3) is 22.1 Å². The Morgan fingerprint density at radius 2 is 1.79 bits per heavy atom. The Bertz CT molecular complexity index is 925. The lowest BCUT2D eigenvalue weighted by atomic mass is 10.0. The van der Waals surface area contributed by atoms with Crippen molar-refractivity contribution in [2.45, 2.75) is 19.4 Å². The van der Waals surface area contributed by atoms with Crippen LogP contribution in [0.4, 0.5) is 0 Å². The number of hydrogen-bond donors (Lipinski definition) is 2. The first-order valence-electron chi connectivity index (χ1n) is 8.39. The molecule has 1 aliphatic heterocycles. The smallest absolute Gasteiger partial charge is 0.200 e. The first kappa shape index (κ1) is 15.0. The minimum absolute atomic E-state index is 0.0554. The molecule has 122 valence electrons. The van der Waals surface area contributed by atoms with Crippen LogP contribution >= 0.6 is 0 Å². The number of rotatable bonds is 3. The summed E-state index contributed by atoms with van der Waals surface area (Å²) >= 11 is 0. The van der Waals surface area contributed by atoms with Gasteiger partial charge in [-0.25, -0.2) is 0 Å². The molecule has 1 saturated heterocycles. The van der Waals surface area contributed by atoms with Crippen molar-refractivity contribution in [1.29, 1.82) is 0 Å². The molecule has 1 aliphatic rings. The summed E-state index contributed by atoms with van der Waals surface area (Å²) in [6.07, 6.45) is 3.94. The normalized spacial score (nSPS) is 15.2. The maximum absolute atomic E-state index is 12.9. The highest BCUT2D eigenvalue weighted by molar-refractivity contribution is 5.85. The molecule has 4 heteroatoms. The second kappa shape index (κ2) is 6.13. The van der Waals surface area contributed by atoms with Crippen molar-refractivity contribution >= 4 is 11.0 Å². The van der Waals surface area contributed by atoms with Crippen LogP contribution in [0.3, 0.4) is 0 Å². The summed E-state index contributed by atoms with van der Waals surface area (Å²) in [5, 5.41) is 10.8. The number of phenolic OH excluding ortho intramolecular Hbond substituents is 1. The van der Waals surface area contributed by atoms with Crippen molar-refractivity contribution in [3.05, 3.63) is 64.5 Å². The van der Waals surface area contributed by atoms with E-state index in [2.05, 4.69) is 0 Å². The molecule has 0 radical (unpaired) electrons. The van der Waals surface area contributed by atoms with Gasteiger partial charge >= 0.3 is 0 Å². The maximum Gasteiger partial charge on any atom is 0.200 e. The number of fused-ring (bicyclic) bond motifs is 1. The lowest BCUT2D eigenvalue weighted by Gasteiger charge is -2.14. The van der Waals surface area contributed by atoms with Gasteiger partial charge in [0.1, 0.15) is 24.1 Å². The van der Waals surface area contributed by atoms with Crippen molar-refractivity contribution in [2.24, 2.45) is 0 Å². The van der Waals surface area contributed by atoms with E-state index in [1.54, 1.807) is 12.1 Å². The highest BCUT2D eigenvalue weighted by Gasteiger charge is 2.21. The van der Waals surface area contributed by atoms with E-state index in [-0.39, 0.29) is 11.2 Å². The number of quaternary nitrogens is 1. The number of phenols is 1. The minimum Gasteiger partial charge on any atom is -0.507 e. The first-order valence-corrected chi connectivity index (χ1v) is 8.39. The van der Waals surface area contributed by atoms with Crippen LogP contribution in [0.5, 0.6) is 5.75 Å². The summed E-state index contributed by atoms with van der Waals surface area (Å²) in [4.78, 5) is 14.3. The van der Waals surface area contributed by atoms with E-state index in [0.717, 1.165) is 24.2 Å². The number of likely N-dealkylation sites (tertiary alicyclic amines) is 1. The second-order valence-corrected chi connectivity index (χ2v) is 6.42. The van der Waals surface area contributed by atoms with Crippen LogP contribution < -0.4 is 10.3 Å². The van der Waals surface area contributed by atoms with Gasteiger partial charge in [0.2, 0.25) is 5.43 Å². The van der Waals surface area contributed by atoms with E-state index in [1.807, 2.05) is 30.3 Å². The minimum atomic E-state index is -0.0554. The van der Waals surface area contributed by atoms with Crippen molar-refractivity contribution in [2.75, 3.05) is 13.1 Å². The largest absolute Gasteiger partial charge is 0.507 e. The summed E-state index contributed by atoms with van der Waals surface area (Å²) in [5.41, 5.74) is 2.58. The average molecular weight is 322 g/mol. The molecule has 4 nitrogen and oxygen atoms in total. The summed E-state index contributed by atoms with van der Waals surface area (Å²) in [6, 6.07) is 12.8. The van der Waals surface area contributed by atoms with Crippen molar-refractivity contribution in [1.82, 2.24) is 0 Å². The fraction of sp³-hybridized carbons (Fsp3) is 0.250. The Morgan fingerprint density at radius 1 is 1.04 bits per heavy atom.